The van der Waals surface area contributed by atoms with E-state index in [0.29, 0.717) is 6.61 Å². The summed E-state index contributed by atoms with van der Waals surface area (Å²) in [6, 6.07) is 0. The van der Waals surface area contributed by atoms with Crippen molar-refractivity contribution in [1.82, 2.24) is 0 Å². The van der Waals surface area contributed by atoms with Crippen LogP contribution in [0.15, 0.2) is 0 Å². The smallest absolute Gasteiger partial charge is 0.311 e. The van der Waals surface area contributed by atoms with Crippen molar-refractivity contribution in [3.63, 3.8) is 0 Å². The lowest BCUT2D eigenvalue weighted by Gasteiger charge is -2.18. The third-order valence-electron chi connectivity index (χ3n) is 1.75. The van der Waals surface area contributed by atoms with Crippen LogP contribution in [0.4, 0.5) is 0 Å². The van der Waals surface area contributed by atoms with Crippen LogP contribution in [0.3, 0.4) is 0 Å². The number of carbonyl (C=O) groups excluding carboxylic acids is 1. The molecule has 0 aliphatic heterocycles. The Morgan fingerprint density at radius 3 is 2.46 bits per heavy atom. The van der Waals surface area contributed by atoms with Crippen LogP contribution in [0.2, 0.25) is 0 Å². The van der Waals surface area contributed by atoms with E-state index in [0.717, 1.165) is 12.8 Å². The van der Waals surface area contributed by atoms with Gasteiger partial charge in [0.1, 0.15) is 0 Å². The molecule has 0 unspecified atom stereocenters. The third kappa shape index (κ3) is 6.54. The van der Waals surface area contributed by atoms with E-state index in [2.05, 4.69) is 0 Å². The van der Waals surface area contributed by atoms with E-state index < -0.39 is 11.8 Å². The zero-order valence-electron chi connectivity index (χ0n) is 8.25. The van der Waals surface area contributed by atoms with Gasteiger partial charge in [0.2, 0.25) is 0 Å². The van der Waals surface area contributed by atoms with E-state index in [1.807, 2.05) is 6.92 Å². The summed E-state index contributed by atoms with van der Waals surface area (Å²) < 4.78 is 4.76. The minimum atomic E-state index is -1.91. The molecule has 0 aromatic rings. The largest absolute Gasteiger partial charge is 0.466 e. The van der Waals surface area contributed by atoms with Crippen molar-refractivity contribution in [1.29, 1.82) is 0 Å². The lowest BCUT2D eigenvalue weighted by molar-refractivity contribution is -0.185. The van der Waals surface area contributed by atoms with Crippen molar-refractivity contribution < 1.29 is 19.7 Å². The summed E-state index contributed by atoms with van der Waals surface area (Å²) in [5.41, 5.74) is 0. The first-order valence-corrected chi connectivity index (χ1v) is 4.62. The molecule has 0 amide bonds. The highest BCUT2D eigenvalue weighted by Crippen LogP contribution is 2.11. The van der Waals surface area contributed by atoms with Crippen LogP contribution in [-0.4, -0.2) is 28.6 Å². The number of carbonyl (C=O) groups is 1. The molecule has 78 valence electrons. The normalized spacial score (nSPS) is 11.4. The minimum Gasteiger partial charge on any atom is -0.466 e. The Balaban J connectivity index is 3.62. The zero-order valence-corrected chi connectivity index (χ0v) is 8.25. The zero-order chi connectivity index (χ0) is 10.3. The molecule has 0 aromatic carbocycles. The molecular weight excluding hydrogens is 172 g/mol. The van der Waals surface area contributed by atoms with Crippen molar-refractivity contribution in [2.24, 2.45) is 0 Å². The number of aliphatic hydroxyl groups is 2. The van der Waals surface area contributed by atoms with Crippen LogP contribution < -0.4 is 0 Å². The molecule has 0 aliphatic rings. The fourth-order valence-electron chi connectivity index (χ4n) is 0.738. The van der Waals surface area contributed by atoms with Gasteiger partial charge >= 0.3 is 5.97 Å². The lowest BCUT2D eigenvalue weighted by atomic mass is 10.1. The van der Waals surface area contributed by atoms with Gasteiger partial charge in [-0.3, -0.25) is 4.79 Å². The summed E-state index contributed by atoms with van der Waals surface area (Å²) in [7, 11) is 0. The summed E-state index contributed by atoms with van der Waals surface area (Å²) in [5, 5.41) is 18.2. The fourth-order valence-corrected chi connectivity index (χ4v) is 0.738. The van der Waals surface area contributed by atoms with E-state index >= 15 is 0 Å². The molecule has 4 nitrogen and oxygen atoms in total. The Labute approximate surface area is 78.5 Å². The average Bonchev–Trinajstić information content (AvgIpc) is 2.04. The number of hydrogen-bond acceptors (Lipinski definition) is 4. The second-order valence-corrected chi connectivity index (χ2v) is 3.09. The van der Waals surface area contributed by atoms with Crippen LogP contribution in [-0.2, 0) is 9.53 Å². The molecule has 4 heteroatoms. The van der Waals surface area contributed by atoms with Crippen molar-refractivity contribution in [2.45, 2.75) is 45.3 Å². The highest BCUT2D eigenvalue weighted by atomic mass is 16.5. The molecule has 0 spiro atoms. The standard InChI is InChI=1S/C9H18O4/c1-3-5-6-13-8(10)7-9(11,12)4-2/h11-12H,3-7H2,1-2H3. The number of esters is 1. The Hall–Kier alpha value is -0.610. The summed E-state index contributed by atoms with van der Waals surface area (Å²) in [6.07, 6.45) is 1.52. The van der Waals surface area contributed by atoms with Crippen LogP contribution in [0, 0.1) is 0 Å². The van der Waals surface area contributed by atoms with E-state index in [1.54, 1.807) is 6.92 Å². The second kappa shape index (κ2) is 5.94. The van der Waals surface area contributed by atoms with E-state index in [4.69, 9.17) is 14.9 Å². The van der Waals surface area contributed by atoms with E-state index in [-0.39, 0.29) is 12.8 Å². The van der Waals surface area contributed by atoms with Crippen LogP contribution in [0.1, 0.15) is 39.5 Å². The average molecular weight is 190 g/mol. The van der Waals surface area contributed by atoms with Crippen molar-refractivity contribution >= 4 is 5.97 Å². The maximum atomic E-state index is 11.0. The summed E-state index contributed by atoms with van der Waals surface area (Å²) in [6.45, 7) is 3.94. The van der Waals surface area contributed by atoms with Crippen molar-refractivity contribution in [2.75, 3.05) is 6.61 Å². The monoisotopic (exact) mass is 190 g/mol. The molecule has 2 N–H and O–H groups in total. The molecule has 0 heterocycles. The SMILES string of the molecule is CCCCOC(=O)CC(O)(O)CC. The predicted molar refractivity (Wildman–Crippen MR) is 47.9 cm³/mol. The summed E-state index contributed by atoms with van der Waals surface area (Å²) in [4.78, 5) is 11.0. The fraction of sp³-hybridized carbons (Fsp3) is 0.889. The predicted octanol–water partition coefficient (Wildman–Crippen LogP) is 0.811. The molecule has 0 aliphatic carbocycles. The molecule has 0 bridgehead atoms. The second-order valence-electron chi connectivity index (χ2n) is 3.09. The molecule has 0 atom stereocenters. The van der Waals surface area contributed by atoms with Crippen LogP contribution >= 0.6 is 0 Å². The topological polar surface area (TPSA) is 66.8 Å². The van der Waals surface area contributed by atoms with Gasteiger partial charge < -0.3 is 14.9 Å². The minimum absolute atomic E-state index is 0.121. The van der Waals surface area contributed by atoms with Gasteiger partial charge in [-0.15, -0.1) is 0 Å². The Morgan fingerprint density at radius 2 is 2.00 bits per heavy atom. The molecule has 0 rings (SSSR count). The van der Waals surface area contributed by atoms with Crippen molar-refractivity contribution in [3.05, 3.63) is 0 Å². The maximum absolute atomic E-state index is 11.0. The number of ether oxygens (including phenoxy) is 1. The Kier molecular flexibility index (Phi) is 5.66. The number of unbranched alkanes of at least 4 members (excludes halogenated alkanes) is 1. The highest BCUT2D eigenvalue weighted by molar-refractivity contribution is 5.70. The first-order chi connectivity index (χ1) is 6.02. The number of rotatable bonds is 6. The third-order valence-corrected chi connectivity index (χ3v) is 1.75. The molecular formula is C9H18O4. The van der Waals surface area contributed by atoms with Gasteiger partial charge in [0.25, 0.3) is 0 Å². The Bertz CT molecular complexity index is 154. The maximum Gasteiger partial charge on any atom is 0.311 e. The van der Waals surface area contributed by atoms with Crippen LogP contribution in [0.5, 0.6) is 0 Å². The quantitative estimate of drug-likeness (QED) is 0.369. The van der Waals surface area contributed by atoms with Gasteiger partial charge in [0.15, 0.2) is 5.79 Å². The molecule has 0 radical (unpaired) electrons. The lowest BCUT2D eigenvalue weighted by Crippen LogP contribution is -2.31. The summed E-state index contributed by atoms with van der Waals surface area (Å²) in [5.74, 6) is -2.47. The number of hydrogen-bond donors (Lipinski definition) is 2. The van der Waals surface area contributed by atoms with Gasteiger partial charge in [-0.25, -0.2) is 0 Å². The summed E-state index contributed by atoms with van der Waals surface area (Å²) >= 11 is 0. The first-order valence-electron chi connectivity index (χ1n) is 4.62. The van der Waals surface area contributed by atoms with Gasteiger partial charge in [-0.1, -0.05) is 20.3 Å². The molecule has 13 heavy (non-hydrogen) atoms. The first kappa shape index (κ1) is 12.4. The molecule has 0 aromatic heterocycles. The van der Waals surface area contributed by atoms with Gasteiger partial charge in [0.05, 0.1) is 13.0 Å². The molecule has 0 saturated heterocycles. The van der Waals surface area contributed by atoms with Crippen LogP contribution in [0.25, 0.3) is 0 Å². The molecule has 0 fully saturated rings. The van der Waals surface area contributed by atoms with Crippen molar-refractivity contribution in [3.8, 4) is 0 Å². The van der Waals surface area contributed by atoms with Gasteiger partial charge in [-0.2, -0.15) is 0 Å². The van der Waals surface area contributed by atoms with Gasteiger partial charge in [0, 0.05) is 0 Å². The molecule has 0 saturated carbocycles. The Morgan fingerprint density at radius 1 is 1.38 bits per heavy atom. The van der Waals surface area contributed by atoms with E-state index in [1.165, 1.54) is 0 Å². The van der Waals surface area contributed by atoms with E-state index in [9.17, 15) is 4.79 Å². The van der Waals surface area contributed by atoms with Gasteiger partial charge in [-0.05, 0) is 12.8 Å². The highest BCUT2D eigenvalue weighted by Gasteiger charge is 2.25.